The van der Waals surface area contributed by atoms with Crippen molar-refractivity contribution in [3.05, 3.63) is 75.8 Å². The van der Waals surface area contributed by atoms with E-state index in [0.29, 0.717) is 27.8 Å². The average molecular weight is 370 g/mol. The molecule has 2 aromatic carbocycles. The minimum Gasteiger partial charge on any atom is -0.454 e. The van der Waals surface area contributed by atoms with E-state index in [4.69, 9.17) is 21.1 Å². The van der Waals surface area contributed by atoms with Gasteiger partial charge in [0.2, 0.25) is 6.79 Å². The number of anilines is 1. The number of benzene rings is 2. The standard InChI is InChI=1S/C18H12ClN3O4/c19-12-2-1-3-13(9-12)22-7-6-20-16(18(22)24)21-17(23)11-4-5-14-15(8-11)26-10-25-14/h1-9H,10H2,(H,20,21,23). The van der Waals surface area contributed by atoms with Gasteiger partial charge in [0.05, 0.1) is 5.69 Å². The summed E-state index contributed by atoms with van der Waals surface area (Å²) in [6.45, 7) is 0.116. The predicted octanol–water partition coefficient (Wildman–Crippen LogP) is 2.87. The molecule has 0 fully saturated rings. The lowest BCUT2D eigenvalue weighted by Gasteiger charge is -2.09. The number of nitrogens with one attached hydrogen (secondary N) is 1. The van der Waals surface area contributed by atoms with Gasteiger partial charge in [0.15, 0.2) is 17.3 Å². The van der Waals surface area contributed by atoms with Crippen LogP contribution in [-0.4, -0.2) is 22.3 Å². The summed E-state index contributed by atoms with van der Waals surface area (Å²) in [5, 5.41) is 3.03. The molecule has 1 amide bonds. The van der Waals surface area contributed by atoms with Gasteiger partial charge in [0, 0.05) is 23.0 Å². The Kier molecular flexibility index (Phi) is 4.06. The molecule has 4 rings (SSSR count). The van der Waals surface area contributed by atoms with E-state index in [1.807, 2.05) is 0 Å². The Bertz CT molecular complexity index is 1060. The average Bonchev–Trinajstić information content (AvgIpc) is 3.11. The molecule has 1 aliphatic rings. The van der Waals surface area contributed by atoms with Crippen molar-refractivity contribution < 1.29 is 14.3 Å². The monoisotopic (exact) mass is 369 g/mol. The molecule has 1 aliphatic heterocycles. The molecule has 2 heterocycles. The third-order valence-corrected chi connectivity index (χ3v) is 4.03. The quantitative estimate of drug-likeness (QED) is 0.767. The van der Waals surface area contributed by atoms with E-state index < -0.39 is 11.5 Å². The lowest BCUT2D eigenvalue weighted by Crippen LogP contribution is -2.26. The van der Waals surface area contributed by atoms with Crippen molar-refractivity contribution in [3.8, 4) is 17.2 Å². The second-order valence-corrected chi connectivity index (χ2v) is 5.89. The Morgan fingerprint density at radius 3 is 2.85 bits per heavy atom. The number of ether oxygens (including phenoxy) is 2. The second-order valence-electron chi connectivity index (χ2n) is 5.45. The summed E-state index contributed by atoms with van der Waals surface area (Å²) in [6, 6.07) is 11.6. The zero-order valence-corrected chi connectivity index (χ0v) is 14.1. The highest BCUT2D eigenvalue weighted by Gasteiger charge is 2.17. The Balaban J connectivity index is 1.64. The number of aromatic nitrogens is 2. The molecule has 0 bridgehead atoms. The van der Waals surface area contributed by atoms with Crippen molar-refractivity contribution >= 4 is 23.3 Å². The molecule has 0 saturated heterocycles. The van der Waals surface area contributed by atoms with Gasteiger partial charge in [0.25, 0.3) is 11.5 Å². The van der Waals surface area contributed by atoms with Gasteiger partial charge < -0.3 is 14.8 Å². The Hall–Kier alpha value is -3.32. The molecular formula is C18H12ClN3O4. The first-order chi connectivity index (χ1) is 12.6. The van der Waals surface area contributed by atoms with Crippen LogP contribution in [0.2, 0.25) is 5.02 Å². The summed E-state index contributed by atoms with van der Waals surface area (Å²) in [5.74, 6) is 0.490. The Morgan fingerprint density at radius 1 is 1.15 bits per heavy atom. The van der Waals surface area contributed by atoms with Crippen molar-refractivity contribution in [2.45, 2.75) is 0 Å². The summed E-state index contributed by atoms with van der Waals surface area (Å²) < 4.78 is 11.8. The van der Waals surface area contributed by atoms with Gasteiger partial charge in [-0.2, -0.15) is 0 Å². The zero-order chi connectivity index (χ0) is 18.1. The summed E-state index contributed by atoms with van der Waals surface area (Å²) in [7, 11) is 0. The zero-order valence-electron chi connectivity index (χ0n) is 13.3. The van der Waals surface area contributed by atoms with E-state index >= 15 is 0 Å². The molecule has 0 aliphatic carbocycles. The van der Waals surface area contributed by atoms with Crippen LogP contribution in [0.4, 0.5) is 5.82 Å². The van der Waals surface area contributed by atoms with Gasteiger partial charge in [-0.25, -0.2) is 4.98 Å². The van der Waals surface area contributed by atoms with Crippen molar-refractivity contribution in [1.82, 2.24) is 9.55 Å². The van der Waals surface area contributed by atoms with Crippen LogP contribution in [-0.2, 0) is 0 Å². The van der Waals surface area contributed by atoms with Crippen LogP contribution < -0.4 is 20.3 Å². The molecule has 0 unspecified atom stereocenters. The molecule has 1 aromatic heterocycles. The summed E-state index contributed by atoms with van der Waals surface area (Å²) in [6.07, 6.45) is 2.93. The third kappa shape index (κ3) is 3.00. The van der Waals surface area contributed by atoms with Crippen LogP contribution >= 0.6 is 11.6 Å². The molecule has 8 heteroatoms. The molecule has 7 nitrogen and oxygen atoms in total. The summed E-state index contributed by atoms with van der Waals surface area (Å²) in [4.78, 5) is 29.1. The number of rotatable bonds is 3. The van der Waals surface area contributed by atoms with Gasteiger partial charge in [-0.15, -0.1) is 0 Å². The van der Waals surface area contributed by atoms with Crippen molar-refractivity contribution in [2.24, 2.45) is 0 Å². The van der Waals surface area contributed by atoms with E-state index in [1.54, 1.807) is 42.5 Å². The molecular weight excluding hydrogens is 358 g/mol. The third-order valence-electron chi connectivity index (χ3n) is 3.79. The smallest absolute Gasteiger partial charge is 0.298 e. The Morgan fingerprint density at radius 2 is 2.00 bits per heavy atom. The van der Waals surface area contributed by atoms with Crippen molar-refractivity contribution in [2.75, 3.05) is 12.1 Å². The van der Waals surface area contributed by atoms with E-state index in [9.17, 15) is 9.59 Å². The number of carbonyl (C=O) groups excluding carboxylic acids is 1. The predicted molar refractivity (Wildman–Crippen MR) is 95.4 cm³/mol. The summed E-state index contributed by atoms with van der Waals surface area (Å²) in [5.41, 5.74) is 0.431. The maximum atomic E-state index is 12.6. The molecule has 3 aromatic rings. The molecule has 0 atom stereocenters. The fourth-order valence-electron chi connectivity index (χ4n) is 2.54. The van der Waals surface area contributed by atoms with Crippen LogP contribution in [0.3, 0.4) is 0 Å². The van der Waals surface area contributed by atoms with Gasteiger partial charge in [-0.3, -0.25) is 14.2 Å². The fourth-order valence-corrected chi connectivity index (χ4v) is 2.73. The maximum Gasteiger partial charge on any atom is 0.298 e. The molecule has 130 valence electrons. The lowest BCUT2D eigenvalue weighted by atomic mass is 10.2. The Labute approximate surface area is 152 Å². The van der Waals surface area contributed by atoms with Crippen LogP contribution in [0.15, 0.2) is 59.7 Å². The highest BCUT2D eigenvalue weighted by molar-refractivity contribution is 6.30. The van der Waals surface area contributed by atoms with E-state index in [0.717, 1.165) is 0 Å². The first kappa shape index (κ1) is 16.2. The number of carbonyl (C=O) groups is 1. The topological polar surface area (TPSA) is 82.5 Å². The van der Waals surface area contributed by atoms with E-state index in [2.05, 4.69) is 10.3 Å². The van der Waals surface area contributed by atoms with Gasteiger partial charge in [-0.05, 0) is 36.4 Å². The number of amides is 1. The highest BCUT2D eigenvalue weighted by Crippen LogP contribution is 2.32. The minimum absolute atomic E-state index is 0.0878. The number of fused-ring (bicyclic) bond motifs is 1. The van der Waals surface area contributed by atoms with Crippen molar-refractivity contribution in [3.63, 3.8) is 0 Å². The first-order valence-electron chi connectivity index (χ1n) is 7.66. The lowest BCUT2D eigenvalue weighted by molar-refractivity contribution is 0.102. The van der Waals surface area contributed by atoms with Gasteiger partial charge in [0.1, 0.15) is 0 Å². The van der Waals surface area contributed by atoms with Crippen LogP contribution in [0.25, 0.3) is 5.69 Å². The van der Waals surface area contributed by atoms with Crippen molar-refractivity contribution in [1.29, 1.82) is 0 Å². The summed E-state index contributed by atoms with van der Waals surface area (Å²) >= 11 is 5.97. The van der Waals surface area contributed by atoms with E-state index in [-0.39, 0.29) is 12.6 Å². The van der Waals surface area contributed by atoms with Crippen LogP contribution in [0, 0.1) is 0 Å². The van der Waals surface area contributed by atoms with Crippen LogP contribution in [0.1, 0.15) is 10.4 Å². The fraction of sp³-hybridized carbons (Fsp3) is 0.0556. The van der Waals surface area contributed by atoms with Gasteiger partial charge >= 0.3 is 0 Å². The van der Waals surface area contributed by atoms with E-state index in [1.165, 1.54) is 17.0 Å². The largest absolute Gasteiger partial charge is 0.454 e. The first-order valence-corrected chi connectivity index (χ1v) is 8.04. The number of nitrogens with zero attached hydrogens (tertiary/aromatic N) is 2. The highest BCUT2D eigenvalue weighted by atomic mass is 35.5. The molecule has 0 spiro atoms. The van der Waals surface area contributed by atoms with Crippen LogP contribution in [0.5, 0.6) is 11.5 Å². The maximum absolute atomic E-state index is 12.6. The second kappa shape index (κ2) is 6.53. The molecule has 0 radical (unpaired) electrons. The number of hydrogen-bond donors (Lipinski definition) is 1. The SMILES string of the molecule is O=C(Nc1nccn(-c2cccc(Cl)c2)c1=O)c1ccc2c(c1)OCO2. The molecule has 26 heavy (non-hydrogen) atoms. The minimum atomic E-state index is -0.475. The number of halogens is 1. The number of hydrogen-bond acceptors (Lipinski definition) is 5. The molecule has 0 saturated carbocycles. The molecule has 1 N–H and O–H groups in total. The van der Waals surface area contributed by atoms with Gasteiger partial charge in [-0.1, -0.05) is 17.7 Å². The normalized spacial score (nSPS) is 12.0.